The standard InChI is InChI=1S/C16H23N5O2/c1-11-10-12(2)20(18-11)7-4-6-17-15(22)14-13(3)16-21(19-14)8-5-9-23-16/h10H,4-9H2,1-3H3,(H,17,22). The van der Waals surface area contributed by atoms with E-state index in [0.717, 1.165) is 48.8 Å². The third-order valence-corrected chi connectivity index (χ3v) is 4.03. The maximum Gasteiger partial charge on any atom is 0.272 e. The minimum Gasteiger partial charge on any atom is -0.478 e. The minimum absolute atomic E-state index is 0.138. The summed E-state index contributed by atoms with van der Waals surface area (Å²) < 4.78 is 9.34. The van der Waals surface area contributed by atoms with Crippen LogP contribution in [-0.2, 0) is 13.1 Å². The van der Waals surface area contributed by atoms with E-state index < -0.39 is 0 Å². The van der Waals surface area contributed by atoms with Gasteiger partial charge >= 0.3 is 0 Å². The zero-order valence-electron chi connectivity index (χ0n) is 13.9. The smallest absolute Gasteiger partial charge is 0.272 e. The second-order valence-electron chi connectivity index (χ2n) is 5.96. The Morgan fingerprint density at radius 2 is 2.17 bits per heavy atom. The van der Waals surface area contributed by atoms with Gasteiger partial charge in [-0.2, -0.15) is 10.2 Å². The van der Waals surface area contributed by atoms with Crippen LogP contribution in [0.3, 0.4) is 0 Å². The van der Waals surface area contributed by atoms with Crippen LogP contribution in [0.2, 0.25) is 0 Å². The lowest BCUT2D eigenvalue weighted by Crippen LogP contribution is -2.26. The molecule has 0 saturated carbocycles. The molecule has 1 aliphatic rings. The van der Waals surface area contributed by atoms with Crippen LogP contribution in [0.5, 0.6) is 5.88 Å². The predicted octanol–water partition coefficient (Wildman–Crippen LogP) is 1.61. The van der Waals surface area contributed by atoms with Gasteiger partial charge in [-0.15, -0.1) is 0 Å². The fraction of sp³-hybridized carbons (Fsp3) is 0.562. The number of fused-ring (bicyclic) bond motifs is 1. The SMILES string of the molecule is Cc1cc(C)n(CCCNC(=O)c2nn3c(c2C)OCCC3)n1. The molecular formula is C16H23N5O2. The largest absolute Gasteiger partial charge is 0.478 e. The van der Waals surface area contributed by atoms with Crippen molar-refractivity contribution in [1.82, 2.24) is 24.9 Å². The summed E-state index contributed by atoms with van der Waals surface area (Å²) in [5.41, 5.74) is 3.45. The Balaban J connectivity index is 1.54. The molecule has 0 aromatic carbocycles. The molecule has 0 bridgehead atoms. The molecule has 0 radical (unpaired) electrons. The summed E-state index contributed by atoms with van der Waals surface area (Å²) in [6.07, 6.45) is 1.76. The molecule has 7 nitrogen and oxygen atoms in total. The van der Waals surface area contributed by atoms with E-state index in [4.69, 9.17) is 4.74 Å². The molecule has 0 unspecified atom stereocenters. The highest BCUT2D eigenvalue weighted by Gasteiger charge is 2.22. The van der Waals surface area contributed by atoms with E-state index in [2.05, 4.69) is 21.6 Å². The summed E-state index contributed by atoms with van der Waals surface area (Å²) in [6, 6.07) is 2.05. The molecule has 1 aliphatic heterocycles. The van der Waals surface area contributed by atoms with Crippen molar-refractivity contribution in [2.45, 2.75) is 46.7 Å². The number of aromatic nitrogens is 4. The number of hydrogen-bond acceptors (Lipinski definition) is 4. The van der Waals surface area contributed by atoms with Crippen molar-refractivity contribution >= 4 is 5.91 Å². The topological polar surface area (TPSA) is 74.0 Å². The number of amides is 1. The number of carbonyl (C=O) groups excluding carboxylic acids is 1. The first-order valence-electron chi connectivity index (χ1n) is 8.05. The van der Waals surface area contributed by atoms with Crippen molar-refractivity contribution in [3.05, 3.63) is 28.7 Å². The number of carbonyl (C=O) groups is 1. The lowest BCUT2D eigenvalue weighted by Gasteiger charge is -2.14. The van der Waals surface area contributed by atoms with Crippen LogP contribution < -0.4 is 10.1 Å². The molecule has 0 spiro atoms. The monoisotopic (exact) mass is 317 g/mol. The minimum atomic E-state index is -0.138. The summed E-state index contributed by atoms with van der Waals surface area (Å²) >= 11 is 0. The van der Waals surface area contributed by atoms with Gasteiger partial charge in [0, 0.05) is 37.3 Å². The Bertz CT molecular complexity index is 716. The Kier molecular flexibility index (Phi) is 4.36. The molecule has 0 atom stereocenters. The van der Waals surface area contributed by atoms with Crippen LogP contribution >= 0.6 is 0 Å². The van der Waals surface area contributed by atoms with Crippen LogP contribution in [0.4, 0.5) is 0 Å². The van der Waals surface area contributed by atoms with E-state index in [0.29, 0.717) is 18.8 Å². The zero-order valence-corrected chi connectivity index (χ0v) is 13.9. The highest BCUT2D eigenvalue weighted by atomic mass is 16.5. The summed E-state index contributed by atoms with van der Waals surface area (Å²) in [6.45, 7) is 8.79. The van der Waals surface area contributed by atoms with Crippen LogP contribution in [0.1, 0.15) is 40.3 Å². The van der Waals surface area contributed by atoms with Gasteiger partial charge in [0.15, 0.2) is 5.69 Å². The summed E-state index contributed by atoms with van der Waals surface area (Å²) in [5, 5.41) is 11.7. The van der Waals surface area contributed by atoms with Gasteiger partial charge in [0.1, 0.15) is 0 Å². The van der Waals surface area contributed by atoms with Gasteiger partial charge in [-0.25, -0.2) is 4.68 Å². The average molecular weight is 317 g/mol. The van der Waals surface area contributed by atoms with Crippen LogP contribution in [0, 0.1) is 20.8 Å². The Labute approximate surface area is 135 Å². The molecule has 2 aromatic rings. The third kappa shape index (κ3) is 3.23. The van der Waals surface area contributed by atoms with Gasteiger partial charge in [0.25, 0.3) is 5.91 Å². The van der Waals surface area contributed by atoms with Crippen LogP contribution in [-0.4, -0.2) is 38.6 Å². The Morgan fingerprint density at radius 3 is 2.87 bits per heavy atom. The van der Waals surface area contributed by atoms with E-state index in [1.165, 1.54) is 0 Å². The van der Waals surface area contributed by atoms with E-state index in [1.807, 2.05) is 25.5 Å². The number of nitrogens with zero attached hydrogens (tertiary/aromatic N) is 4. The molecule has 3 heterocycles. The zero-order chi connectivity index (χ0) is 16.4. The van der Waals surface area contributed by atoms with Crippen LogP contribution in [0.25, 0.3) is 0 Å². The molecule has 3 rings (SSSR count). The fourth-order valence-electron chi connectivity index (χ4n) is 2.88. The second-order valence-corrected chi connectivity index (χ2v) is 5.96. The number of ether oxygens (including phenoxy) is 1. The maximum absolute atomic E-state index is 12.3. The third-order valence-electron chi connectivity index (χ3n) is 4.03. The Hall–Kier alpha value is -2.31. The van der Waals surface area contributed by atoms with Gasteiger partial charge in [-0.1, -0.05) is 0 Å². The van der Waals surface area contributed by atoms with Gasteiger partial charge in [0.2, 0.25) is 5.88 Å². The second kappa shape index (κ2) is 6.44. The first-order valence-corrected chi connectivity index (χ1v) is 8.05. The summed E-state index contributed by atoms with van der Waals surface area (Å²) in [4.78, 5) is 12.3. The van der Waals surface area contributed by atoms with Crippen molar-refractivity contribution in [3.63, 3.8) is 0 Å². The molecular weight excluding hydrogens is 294 g/mol. The van der Waals surface area contributed by atoms with Gasteiger partial charge in [0.05, 0.1) is 12.3 Å². The molecule has 1 N–H and O–H groups in total. The van der Waals surface area contributed by atoms with E-state index in [9.17, 15) is 4.79 Å². The number of rotatable bonds is 5. The molecule has 2 aromatic heterocycles. The molecule has 1 amide bonds. The molecule has 7 heteroatoms. The van der Waals surface area contributed by atoms with Crippen molar-refractivity contribution < 1.29 is 9.53 Å². The molecule has 0 aliphatic carbocycles. The molecule has 0 saturated heterocycles. The molecule has 0 fully saturated rings. The fourth-order valence-corrected chi connectivity index (χ4v) is 2.88. The number of hydrogen-bond donors (Lipinski definition) is 1. The first-order chi connectivity index (χ1) is 11.1. The van der Waals surface area contributed by atoms with E-state index in [-0.39, 0.29) is 5.91 Å². The van der Waals surface area contributed by atoms with Crippen molar-refractivity contribution in [2.24, 2.45) is 0 Å². The highest BCUT2D eigenvalue weighted by Crippen LogP contribution is 2.24. The lowest BCUT2D eigenvalue weighted by atomic mass is 10.2. The summed E-state index contributed by atoms with van der Waals surface area (Å²) in [5.74, 6) is 0.588. The predicted molar refractivity (Wildman–Crippen MR) is 85.7 cm³/mol. The Morgan fingerprint density at radius 1 is 1.35 bits per heavy atom. The number of nitrogens with one attached hydrogen (secondary N) is 1. The maximum atomic E-state index is 12.3. The van der Waals surface area contributed by atoms with Crippen LogP contribution in [0.15, 0.2) is 6.07 Å². The normalized spacial score (nSPS) is 13.5. The van der Waals surface area contributed by atoms with Crippen molar-refractivity contribution in [1.29, 1.82) is 0 Å². The average Bonchev–Trinajstić information content (AvgIpc) is 3.03. The van der Waals surface area contributed by atoms with E-state index in [1.54, 1.807) is 4.68 Å². The summed E-state index contributed by atoms with van der Waals surface area (Å²) in [7, 11) is 0. The van der Waals surface area contributed by atoms with Crippen molar-refractivity contribution in [2.75, 3.05) is 13.2 Å². The first kappa shape index (κ1) is 15.6. The lowest BCUT2D eigenvalue weighted by molar-refractivity contribution is 0.0946. The highest BCUT2D eigenvalue weighted by molar-refractivity contribution is 5.94. The molecule has 23 heavy (non-hydrogen) atoms. The number of aryl methyl sites for hydroxylation is 4. The van der Waals surface area contributed by atoms with Crippen molar-refractivity contribution in [3.8, 4) is 5.88 Å². The molecule has 124 valence electrons. The van der Waals surface area contributed by atoms with Gasteiger partial charge in [-0.05, 0) is 33.3 Å². The van der Waals surface area contributed by atoms with Gasteiger partial charge < -0.3 is 10.1 Å². The quantitative estimate of drug-likeness (QED) is 0.850. The van der Waals surface area contributed by atoms with E-state index >= 15 is 0 Å². The van der Waals surface area contributed by atoms with Gasteiger partial charge in [-0.3, -0.25) is 9.48 Å².